The summed E-state index contributed by atoms with van der Waals surface area (Å²) in [5.74, 6) is -0.414. The van der Waals surface area contributed by atoms with E-state index in [0.717, 1.165) is 77.0 Å². The molecule has 56 heavy (non-hydrogen) atoms. The fourth-order valence-corrected chi connectivity index (χ4v) is 6.91. The molecule has 1 aliphatic rings. The summed E-state index contributed by atoms with van der Waals surface area (Å²) < 4.78 is 58.9. The van der Waals surface area contributed by atoms with E-state index in [9.17, 15) is 28.5 Å². The molecule has 0 saturated carbocycles. The van der Waals surface area contributed by atoms with E-state index in [4.69, 9.17) is 23.5 Å². The van der Waals surface area contributed by atoms with Crippen molar-refractivity contribution in [3.8, 4) is 0 Å². The Morgan fingerprint density at radius 3 is 1.75 bits per heavy atom. The van der Waals surface area contributed by atoms with Gasteiger partial charge in [0.25, 0.3) is 0 Å². The lowest BCUT2D eigenvalue weighted by atomic mass is 9.99. The molecule has 0 aromatic rings. The van der Waals surface area contributed by atoms with Crippen LogP contribution in [-0.2, 0) is 38.3 Å². The molecule has 0 amide bonds. The molecule has 0 radical (unpaired) electrons. The standard InChI is InChI=1S/C43H78O12S/c1-3-5-7-9-11-13-15-17-18-19-20-21-23-25-27-29-31-33-51-35-37(53-39(45)32-30-28-26-24-22-16-14-12-10-8-6-4-2)36-52-43-41(47)42(55-56(48,49)50)40(46)38(34-44)54-43/h12-15,18-19,37-38,40-44,46-47H,3-11,16-17,20-36H2,1-2H3,(H,48,49,50)/b14-12-,15-13-,19-18-. The number of ether oxygens (including phenoxy) is 4. The molecule has 0 aromatic carbocycles. The van der Waals surface area contributed by atoms with E-state index in [2.05, 4.69) is 54.5 Å². The highest BCUT2D eigenvalue weighted by Gasteiger charge is 2.48. The Morgan fingerprint density at radius 1 is 0.679 bits per heavy atom. The summed E-state index contributed by atoms with van der Waals surface area (Å²) in [6.45, 7) is 3.90. The highest BCUT2D eigenvalue weighted by molar-refractivity contribution is 7.80. The maximum atomic E-state index is 12.8. The molecule has 1 rings (SSSR count). The zero-order chi connectivity index (χ0) is 41.1. The smallest absolute Gasteiger partial charge is 0.397 e. The zero-order valence-corrected chi connectivity index (χ0v) is 35.5. The second-order valence-corrected chi connectivity index (χ2v) is 16.0. The first-order chi connectivity index (χ1) is 27.1. The number of esters is 1. The second kappa shape index (κ2) is 35.3. The molecule has 6 unspecified atom stereocenters. The molecule has 1 heterocycles. The molecule has 13 heteroatoms. The van der Waals surface area contributed by atoms with Crippen LogP contribution in [0.3, 0.4) is 0 Å². The molecule has 0 bridgehead atoms. The summed E-state index contributed by atoms with van der Waals surface area (Å²) in [7, 11) is -5.06. The predicted molar refractivity (Wildman–Crippen MR) is 220 cm³/mol. The summed E-state index contributed by atoms with van der Waals surface area (Å²) in [5.41, 5.74) is 0. The molecule has 1 aliphatic heterocycles. The number of carbonyl (C=O) groups is 1. The van der Waals surface area contributed by atoms with E-state index in [1.54, 1.807) is 0 Å². The van der Waals surface area contributed by atoms with Crippen LogP contribution >= 0.6 is 0 Å². The quantitative estimate of drug-likeness (QED) is 0.0203. The van der Waals surface area contributed by atoms with E-state index >= 15 is 0 Å². The average Bonchev–Trinajstić information content (AvgIpc) is 3.17. The molecule has 1 fully saturated rings. The lowest BCUT2D eigenvalue weighted by Crippen LogP contribution is -2.60. The van der Waals surface area contributed by atoms with Gasteiger partial charge in [-0.05, 0) is 70.6 Å². The minimum Gasteiger partial charge on any atom is -0.457 e. The number of carbonyl (C=O) groups excluding carboxylic acids is 1. The van der Waals surface area contributed by atoms with Crippen molar-refractivity contribution < 1.29 is 56.2 Å². The van der Waals surface area contributed by atoms with Crippen LogP contribution in [0.15, 0.2) is 36.5 Å². The number of aliphatic hydroxyl groups excluding tert-OH is 3. The topological polar surface area (TPSA) is 178 Å². The number of aliphatic hydroxyl groups is 3. The monoisotopic (exact) mass is 819 g/mol. The summed E-state index contributed by atoms with van der Waals surface area (Å²) in [4.78, 5) is 12.8. The first-order valence-corrected chi connectivity index (χ1v) is 23.1. The van der Waals surface area contributed by atoms with Crippen LogP contribution in [0.25, 0.3) is 0 Å². The van der Waals surface area contributed by atoms with Gasteiger partial charge in [-0.25, -0.2) is 4.18 Å². The van der Waals surface area contributed by atoms with Crippen molar-refractivity contribution in [2.24, 2.45) is 0 Å². The van der Waals surface area contributed by atoms with Gasteiger partial charge in [-0.1, -0.05) is 127 Å². The first kappa shape index (κ1) is 52.3. The molecular formula is C43H78O12S. The third kappa shape index (κ3) is 28.7. The molecule has 12 nitrogen and oxygen atoms in total. The van der Waals surface area contributed by atoms with Crippen LogP contribution in [0.1, 0.15) is 168 Å². The normalized spacial score (nSPS) is 21.1. The zero-order valence-electron chi connectivity index (χ0n) is 34.7. The van der Waals surface area contributed by atoms with Crippen LogP contribution < -0.4 is 0 Å². The van der Waals surface area contributed by atoms with Crippen LogP contribution in [0.4, 0.5) is 0 Å². The molecule has 1 saturated heterocycles. The third-order valence-electron chi connectivity index (χ3n) is 9.73. The van der Waals surface area contributed by atoms with Crippen LogP contribution in [0, 0.1) is 0 Å². The Labute approximate surface area is 339 Å². The van der Waals surface area contributed by atoms with E-state index in [1.165, 1.54) is 64.2 Å². The average molecular weight is 819 g/mol. The Bertz CT molecular complexity index is 1130. The summed E-state index contributed by atoms with van der Waals surface area (Å²) in [6.07, 6.45) is 30.3. The van der Waals surface area contributed by atoms with E-state index in [1.807, 2.05) is 0 Å². The minimum atomic E-state index is -5.06. The Hall–Kier alpha value is -1.68. The van der Waals surface area contributed by atoms with E-state index in [0.29, 0.717) is 13.0 Å². The van der Waals surface area contributed by atoms with Crippen molar-refractivity contribution in [2.45, 2.75) is 205 Å². The molecular weight excluding hydrogens is 741 g/mol. The van der Waals surface area contributed by atoms with Gasteiger partial charge in [-0.15, -0.1) is 0 Å². The minimum absolute atomic E-state index is 0.0257. The largest absolute Gasteiger partial charge is 0.457 e. The predicted octanol–water partition coefficient (Wildman–Crippen LogP) is 8.63. The summed E-state index contributed by atoms with van der Waals surface area (Å²) in [6, 6.07) is 0. The van der Waals surface area contributed by atoms with Crippen LogP contribution in [-0.4, -0.2) is 97.5 Å². The van der Waals surface area contributed by atoms with Gasteiger partial charge in [-0.3, -0.25) is 9.35 Å². The van der Waals surface area contributed by atoms with E-state index < -0.39 is 59.8 Å². The fraction of sp³-hybridized carbons (Fsp3) is 0.837. The van der Waals surface area contributed by atoms with Gasteiger partial charge < -0.3 is 34.3 Å². The van der Waals surface area contributed by atoms with Gasteiger partial charge in [0.05, 0.1) is 19.8 Å². The fourth-order valence-electron chi connectivity index (χ4n) is 6.40. The van der Waals surface area contributed by atoms with Crippen molar-refractivity contribution in [3.63, 3.8) is 0 Å². The van der Waals surface area contributed by atoms with Crippen molar-refractivity contribution in [1.29, 1.82) is 0 Å². The molecule has 0 aromatic heterocycles. The van der Waals surface area contributed by atoms with Gasteiger partial charge in [0, 0.05) is 13.0 Å². The van der Waals surface area contributed by atoms with Gasteiger partial charge in [-0.2, -0.15) is 8.42 Å². The summed E-state index contributed by atoms with van der Waals surface area (Å²) >= 11 is 0. The molecule has 6 atom stereocenters. The van der Waals surface area contributed by atoms with Gasteiger partial charge in [0.2, 0.25) is 0 Å². The number of rotatable bonds is 37. The number of hydrogen-bond donors (Lipinski definition) is 4. The number of hydrogen-bond acceptors (Lipinski definition) is 11. The highest BCUT2D eigenvalue weighted by atomic mass is 32.3. The van der Waals surface area contributed by atoms with Gasteiger partial charge in [0.15, 0.2) is 6.29 Å². The maximum Gasteiger partial charge on any atom is 0.397 e. The molecule has 0 spiro atoms. The lowest BCUT2D eigenvalue weighted by molar-refractivity contribution is -0.301. The summed E-state index contributed by atoms with van der Waals surface area (Å²) in [5, 5.41) is 30.6. The van der Waals surface area contributed by atoms with Crippen molar-refractivity contribution >= 4 is 16.4 Å². The van der Waals surface area contributed by atoms with Gasteiger partial charge in [0.1, 0.15) is 30.5 Å². The molecule has 0 aliphatic carbocycles. The second-order valence-electron chi connectivity index (χ2n) is 14.9. The Morgan fingerprint density at radius 2 is 1.18 bits per heavy atom. The van der Waals surface area contributed by atoms with Crippen molar-refractivity contribution in [2.75, 3.05) is 26.4 Å². The lowest BCUT2D eigenvalue weighted by Gasteiger charge is -2.41. The highest BCUT2D eigenvalue weighted by Crippen LogP contribution is 2.26. The van der Waals surface area contributed by atoms with E-state index in [-0.39, 0.29) is 19.6 Å². The van der Waals surface area contributed by atoms with Crippen molar-refractivity contribution in [3.05, 3.63) is 36.5 Å². The molecule has 4 N–H and O–H groups in total. The van der Waals surface area contributed by atoms with Crippen LogP contribution in [0.5, 0.6) is 0 Å². The Balaban J connectivity index is 2.46. The first-order valence-electron chi connectivity index (χ1n) is 21.7. The maximum absolute atomic E-state index is 12.8. The number of allylic oxidation sites excluding steroid dienone is 6. The molecule has 328 valence electrons. The SMILES string of the molecule is CCCCC/C=C\CCCCCCCC(=O)OC(COCCCCCCCC/C=C\C/C=C\CCCCCC)COC1OC(CO)C(O)C(OS(=O)(=O)O)C1O. The van der Waals surface area contributed by atoms with Crippen LogP contribution in [0.2, 0.25) is 0 Å². The van der Waals surface area contributed by atoms with Crippen molar-refractivity contribution in [1.82, 2.24) is 0 Å². The van der Waals surface area contributed by atoms with Gasteiger partial charge >= 0.3 is 16.4 Å². The third-order valence-corrected chi connectivity index (χ3v) is 10.2. The number of unbranched alkanes of at least 4 members (excludes halogenated alkanes) is 18. The Kier molecular flexibility index (Phi) is 33.0.